The molecule has 1 saturated heterocycles. The van der Waals surface area contributed by atoms with Gasteiger partial charge in [0.15, 0.2) is 0 Å². The van der Waals surface area contributed by atoms with Crippen molar-refractivity contribution in [3.05, 3.63) is 29.8 Å². The number of aliphatic carboxylic acids is 1. The van der Waals surface area contributed by atoms with E-state index in [1.807, 2.05) is 6.07 Å². The molecule has 0 unspecified atom stereocenters. The summed E-state index contributed by atoms with van der Waals surface area (Å²) in [5, 5.41) is 11.7. The number of carboxylic acid groups (broad SMARTS) is 1. The van der Waals surface area contributed by atoms with Crippen molar-refractivity contribution in [2.75, 3.05) is 11.4 Å². The zero-order chi connectivity index (χ0) is 15.7. The highest BCUT2D eigenvalue weighted by Gasteiger charge is 2.35. The van der Waals surface area contributed by atoms with E-state index < -0.39 is 5.97 Å². The third kappa shape index (κ3) is 2.81. The number of carbonyl (C=O) groups excluding carboxylic acids is 2. The second-order valence-corrected chi connectivity index (χ2v) is 5.88. The largest absolute Gasteiger partial charge is 0.481 e. The van der Waals surface area contributed by atoms with Gasteiger partial charge in [0, 0.05) is 30.3 Å². The van der Waals surface area contributed by atoms with Gasteiger partial charge in [-0.15, -0.1) is 0 Å². The molecule has 6 heteroatoms. The van der Waals surface area contributed by atoms with Gasteiger partial charge < -0.3 is 15.3 Å². The third-order valence-electron chi connectivity index (χ3n) is 4.32. The Morgan fingerprint density at radius 1 is 1.27 bits per heavy atom. The summed E-state index contributed by atoms with van der Waals surface area (Å²) >= 11 is 0. The van der Waals surface area contributed by atoms with Crippen LogP contribution in [0.5, 0.6) is 0 Å². The van der Waals surface area contributed by atoms with E-state index in [4.69, 9.17) is 5.11 Å². The molecule has 0 aromatic heterocycles. The van der Waals surface area contributed by atoms with Crippen LogP contribution in [0.15, 0.2) is 24.3 Å². The maximum atomic E-state index is 12.2. The SMILES string of the molecule is O=C(NC1CC(C(=O)O)C1)c1cccc(N2CCCC2=O)c1. The van der Waals surface area contributed by atoms with E-state index in [1.54, 1.807) is 23.1 Å². The molecule has 3 rings (SSSR count). The van der Waals surface area contributed by atoms with Crippen molar-refractivity contribution in [3.63, 3.8) is 0 Å². The predicted molar refractivity (Wildman–Crippen MR) is 79.6 cm³/mol. The van der Waals surface area contributed by atoms with Gasteiger partial charge in [-0.05, 0) is 37.5 Å². The summed E-state index contributed by atoms with van der Waals surface area (Å²) in [5.41, 5.74) is 1.24. The Bertz CT molecular complexity index is 622. The van der Waals surface area contributed by atoms with Crippen molar-refractivity contribution in [1.82, 2.24) is 5.32 Å². The molecule has 1 saturated carbocycles. The molecule has 116 valence electrons. The van der Waals surface area contributed by atoms with Crippen LogP contribution >= 0.6 is 0 Å². The fourth-order valence-electron chi connectivity index (χ4n) is 2.94. The summed E-state index contributed by atoms with van der Waals surface area (Å²) in [7, 11) is 0. The van der Waals surface area contributed by atoms with Crippen molar-refractivity contribution in [2.24, 2.45) is 5.92 Å². The van der Waals surface area contributed by atoms with Gasteiger partial charge in [0.25, 0.3) is 5.91 Å². The average molecular weight is 302 g/mol. The number of hydrogen-bond acceptors (Lipinski definition) is 3. The van der Waals surface area contributed by atoms with E-state index in [0.717, 1.165) is 12.1 Å². The molecule has 2 N–H and O–H groups in total. The predicted octanol–water partition coefficient (Wildman–Crippen LogP) is 1.41. The highest BCUT2D eigenvalue weighted by atomic mass is 16.4. The van der Waals surface area contributed by atoms with E-state index in [9.17, 15) is 14.4 Å². The summed E-state index contributed by atoms with van der Waals surface area (Å²) in [6.07, 6.45) is 2.35. The van der Waals surface area contributed by atoms with Gasteiger partial charge >= 0.3 is 5.97 Å². The molecule has 6 nitrogen and oxygen atoms in total. The summed E-state index contributed by atoms with van der Waals surface area (Å²) in [5.74, 6) is -1.29. The van der Waals surface area contributed by atoms with E-state index in [-0.39, 0.29) is 23.8 Å². The number of amides is 2. The molecule has 1 aliphatic heterocycles. The molecule has 2 aliphatic rings. The zero-order valence-corrected chi connectivity index (χ0v) is 12.1. The van der Waals surface area contributed by atoms with Crippen molar-refractivity contribution in [2.45, 2.75) is 31.7 Å². The van der Waals surface area contributed by atoms with Crippen LogP contribution in [0.4, 0.5) is 5.69 Å². The first kappa shape index (κ1) is 14.6. The first-order valence-electron chi connectivity index (χ1n) is 7.48. The highest BCUT2D eigenvalue weighted by molar-refractivity contribution is 5.99. The Morgan fingerprint density at radius 3 is 2.68 bits per heavy atom. The quantitative estimate of drug-likeness (QED) is 0.880. The number of nitrogens with zero attached hydrogens (tertiary/aromatic N) is 1. The number of carboxylic acids is 1. The minimum absolute atomic E-state index is 0.0781. The summed E-state index contributed by atoms with van der Waals surface area (Å²) in [4.78, 5) is 36.4. The van der Waals surface area contributed by atoms with Crippen LogP contribution in [0.1, 0.15) is 36.0 Å². The second kappa shape index (κ2) is 5.79. The van der Waals surface area contributed by atoms with Crippen LogP contribution in [0.2, 0.25) is 0 Å². The standard InChI is InChI=1S/C16H18N2O4/c19-14-5-2-6-18(14)13-4-1-3-10(9-13)15(20)17-12-7-11(8-12)16(21)22/h1,3-4,9,11-12H,2,5-8H2,(H,17,20)(H,21,22). The molecule has 0 atom stereocenters. The average Bonchev–Trinajstić information content (AvgIpc) is 2.88. The van der Waals surface area contributed by atoms with E-state index in [1.165, 1.54) is 0 Å². The Balaban J connectivity index is 1.64. The third-order valence-corrected chi connectivity index (χ3v) is 4.32. The van der Waals surface area contributed by atoms with Crippen molar-refractivity contribution >= 4 is 23.5 Å². The van der Waals surface area contributed by atoms with Gasteiger partial charge in [-0.25, -0.2) is 0 Å². The molecule has 0 radical (unpaired) electrons. The molecule has 1 heterocycles. The number of nitrogens with one attached hydrogen (secondary N) is 1. The summed E-state index contributed by atoms with van der Waals surface area (Å²) < 4.78 is 0. The lowest BCUT2D eigenvalue weighted by atomic mass is 9.80. The van der Waals surface area contributed by atoms with Gasteiger partial charge in [-0.2, -0.15) is 0 Å². The second-order valence-electron chi connectivity index (χ2n) is 5.88. The Kier molecular flexibility index (Phi) is 3.83. The minimum atomic E-state index is -0.806. The minimum Gasteiger partial charge on any atom is -0.481 e. The molecule has 0 spiro atoms. The van der Waals surface area contributed by atoms with Gasteiger partial charge in [-0.3, -0.25) is 14.4 Å². The van der Waals surface area contributed by atoms with Crippen molar-refractivity contribution in [1.29, 1.82) is 0 Å². The normalized spacial score (nSPS) is 24.0. The molecule has 2 amide bonds. The van der Waals surface area contributed by atoms with Gasteiger partial charge in [0.1, 0.15) is 0 Å². The number of hydrogen-bond donors (Lipinski definition) is 2. The lowest BCUT2D eigenvalue weighted by Crippen LogP contribution is -2.46. The van der Waals surface area contributed by atoms with Crippen LogP contribution < -0.4 is 10.2 Å². The maximum absolute atomic E-state index is 12.2. The summed E-state index contributed by atoms with van der Waals surface area (Å²) in [6.45, 7) is 0.687. The van der Waals surface area contributed by atoms with Crippen molar-refractivity contribution < 1.29 is 19.5 Å². The number of carbonyl (C=O) groups is 3. The van der Waals surface area contributed by atoms with E-state index in [0.29, 0.717) is 31.4 Å². The Hall–Kier alpha value is -2.37. The molecule has 2 fully saturated rings. The topological polar surface area (TPSA) is 86.7 Å². The first-order chi connectivity index (χ1) is 10.5. The van der Waals surface area contributed by atoms with Crippen molar-refractivity contribution in [3.8, 4) is 0 Å². The molecule has 1 aromatic rings. The summed E-state index contributed by atoms with van der Waals surface area (Å²) in [6, 6.07) is 6.92. The zero-order valence-electron chi connectivity index (χ0n) is 12.1. The fraction of sp³-hybridized carbons (Fsp3) is 0.438. The van der Waals surface area contributed by atoms with Crippen LogP contribution in [0, 0.1) is 5.92 Å². The molecule has 22 heavy (non-hydrogen) atoms. The van der Waals surface area contributed by atoms with Gasteiger partial charge in [-0.1, -0.05) is 6.07 Å². The molecular weight excluding hydrogens is 284 g/mol. The Morgan fingerprint density at radius 2 is 2.05 bits per heavy atom. The van der Waals surface area contributed by atoms with Gasteiger partial charge in [0.2, 0.25) is 5.91 Å². The Labute approximate surface area is 128 Å². The number of benzene rings is 1. The fourth-order valence-corrected chi connectivity index (χ4v) is 2.94. The van der Waals surface area contributed by atoms with Crippen LogP contribution in [-0.4, -0.2) is 35.5 Å². The lowest BCUT2D eigenvalue weighted by Gasteiger charge is -2.32. The molecule has 1 aliphatic carbocycles. The smallest absolute Gasteiger partial charge is 0.306 e. The molecule has 0 bridgehead atoms. The molecular formula is C16H18N2O4. The van der Waals surface area contributed by atoms with Crippen LogP contribution in [0.25, 0.3) is 0 Å². The lowest BCUT2D eigenvalue weighted by molar-refractivity contribution is -0.145. The molecule has 1 aromatic carbocycles. The number of rotatable bonds is 4. The number of anilines is 1. The highest BCUT2D eigenvalue weighted by Crippen LogP contribution is 2.28. The monoisotopic (exact) mass is 302 g/mol. The van der Waals surface area contributed by atoms with Crippen LogP contribution in [-0.2, 0) is 9.59 Å². The van der Waals surface area contributed by atoms with E-state index >= 15 is 0 Å². The van der Waals surface area contributed by atoms with Crippen LogP contribution in [0.3, 0.4) is 0 Å². The van der Waals surface area contributed by atoms with Gasteiger partial charge in [0.05, 0.1) is 5.92 Å². The maximum Gasteiger partial charge on any atom is 0.306 e. The van der Waals surface area contributed by atoms with E-state index in [2.05, 4.69) is 5.32 Å². The first-order valence-corrected chi connectivity index (χ1v) is 7.48.